The fraction of sp³-hybridized carbons (Fsp3) is 0.429. The number of nitrogens with two attached hydrogens (primary N) is 1. The van der Waals surface area contributed by atoms with Crippen molar-refractivity contribution in [1.82, 2.24) is 0 Å². The maximum absolute atomic E-state index is 11.9. The van der Waals surface area contributed by atoms with Crippen LogP contribution in [0, 0.1) is 0 Å². The van der Waals surface area contributed by atoms with Crippen LogP contribution in [-0.4, -0.2) is 44.9 Å². The van der Waals surface area contributed by atoms with Crippen LogP contribution in [-0.2, 0) is 20.6 Å². The Morgan fingerprint density at radius 3 is 2.23 bits per heavy atom. The van der Waals surface area contributed by atoms with Gasteiger partial charge in [-0.15, -0.1) is 0 Å². The van der Waals surface area contributed by atoms with E-state index in [2.05, 4.69) is 0 Å². The van der Waals surface area contributed by atoms with Gasteiger partial charge in [0.1, 0.15) is 5.54 Å². The molecule has 2 atom stereocenters. The number of hydrogen-bond acceptors (Lipinski definition) is 4. The van der Waals surface area contributed by atoms with Crippen LogP contribution in [0.1, 0.15) is 18.4 Å². The first-order valence-electron chi connectivity index (χ1n) is 6.73. The average molecular weight is 329 g/mol. The van der Waals surface area contributed by atoms with Crippen molar-refractivity contribution in [3.63, 3.8) is 0 Å². The summed E-state index contributed by atoms with van der Waals surface area (Å²) in [5, 5.41) is 17.9. The van der Waals surface area contributed by atoms with Crippen molar-refractivity contribution >= 4 is 19.3 Å². The van der Waals surface area contributed by atoms with Gasteiger partial charge in [-0.25, -0.2) is 0 Å². The van der Waals surface area contributed by atoms with E-state index in [1.165, 1.54) is 0 Å². The van der Waals surface area contributed by atoms with Crippen LogP contribution in [0.3, 0.4) is 0 Å². The molecule has 0 saturated heterocycles. The van der Waals surface area contributed by atoms with Gasteiger partial charge in [0, 0.05) is 18.7 Å². The number of rotatable bonds is 9. The molecule has 0 aliphatic rings. The smallest absolute Gasteiger partial charge is 0.324 e. The number of hydrogen-bond donors (Lipinski definition) is 4. The minimum Gasteiger partial charge on any atom is -0.481 e. The highest BCUT2D eigenvalue weighted by atomic mass is 31.2. The summed E-state index contributed by atoms with van der Waals surface area (Å²) in [7, 11) is -3.71. The van der Waals surface area contributed by atoms with Gasteiger partial charge in [-0.3, -0.25) is 14.2 Å². The lowest BCUT2D eigenvalue weighted by Crippen LogP contribution is -2.50. The van der Waals surface area contributed by atoms with Gasteiger partial charge in [0.15, 0.2) is 0 Å². The Bertz CT molecular complexity index is 576. The van der Waals surface area contributed by atoms with E-state index in [0.29, 0.717) is 5.56 Å². The Labute approximate surface area is 128 Å². The van der Waals surface area contributed by atoms with Crippen molar-refractivity contribution < 1.29 is 29.3 Å². The van der Waals surface area contributed by atoms with E-state index in [1.54, 1.807) is 30.3 Å². The Morgan fingerprint density at radius 1 is 1.14 bits per heavy atom. The third kappa shape index (κ3) is 5.97. The largest absolute Gasteiger partial charge is 0.481 e. The van der Waals surface area contributed by atoms with Gasteiger partial charge in [0.25, 0.3) is 0 Å². The van der Waals surface area contributed by atoms with E-state index in [4.69, 9.17) is 10.8 Å². The highest BCUT2D eigenvalue weighted by Crippen LogP contribution is 2.43. The average Bonchev–Trinajstić information content (AvgIpc) is 2.44. The van der Waals surface area contributed by atoms with Crippen LogP contribution in [0.4, 0.5) is 0 Å². The number of aliphatic carboxylic acids is 2. The summed E-state index contributed by atoms with van der Waals surface area (Å²) in [6, 6.07) is 8.75. The normalized spacial score (nSPS) is 16.5. The number of carbonyl (C=O) groups is 2. The quantitative estimate of drug-likeness (QED) is 0.498. The molecule has 7 nitrogen and oxygen atoms in total. The molecule has 0 saturated carbocycles. The van der Waals surface area contributed by atoms with Gasteiger partial charge in [0.2, 0.25) is 7.37 Å². The Balaban J connectivity index is 2.73. The molecule has 5 N–H and O–H groups in total. The van der Waals surface area contributed by atoms with Gasteiger partial charge in [-0.05, 0) is 12.0 Å². The van der Waals surface area contributed by atoms with Crippen molar-refractivity contribution in [2.24, 2.45) is 5.73 Å². The van der Waals surface area contributed by atoms with Crippen molar-refractivity contribution in [1.29, 1.82) is 0 Å². The van der Waals surface area contributed by atoms with Crippen molar-refractivity contribution in [2.45, 2.75) is 24.8 Å². The summed E-state index contributed by atoms with van der Waals surface area (Å²) in [5.41, 5.74) is 4.94. The van der Waals surface area contributed by atoms with Crippen LogP contribution in [0.2, 0.25) is 0 Å². The second-order valence-corrected chi connectivity index (χ2v) is 7.90. The molecular weight excluding hydrogens is 309 g/mol. The number of benzene rings is 1. The molecule has 0 radical (unpaired) electrons. The molecule has 8 heteroatoms. The van der Waals surface area contributed by atoms with Crippen LogP contribution >= 0.6 is 7.37 Å². The molecule has 0 aliphatic carbocycles. The van der Waals surface area contributed by atoms with Crippen LogP contribution in [0.25, 0.3) is 0 Å². The molecule has 1 rings (SSSR count). The molecule has 0 aromatic heterocycles. The topological polar surface area (TPSA) is 138 Å². The predicted octanol–water partition coefficient (Wildman–Crippen LogP) is 1.15. The van der Waals surface area contributed by atoms with Gasteiger partial charge in [-0.2, -0.15) is 0 Å². The molecule has 1 unspecified atom stereocenters. The summed E-state index contributed by atoms with van der Waals surface area (Å²) in [6.45, 7) is 0. The van der Waals surface area contributed by atoms with Crippen LogP contribution < -0.4 is 5.73 Å². The standard InChI is InChI=1S/C14H20NO6P/c15-14(13(18)19,10-11-4-2-1-3-5-11)7-9-22(20,21)8-6-12(16)17/h1-5H,6-10,15H2,(H,16,17)(H,18,19)(H,20,21)/t14-/m0/s1. The summed E-state index contributed by atoms with van der Waals surface area (Å²) < 4.78 is 11.9. The minimum absolute atomic E-state index is 0.0299. The molecule has 0 fully saturated rings. The lowest BCUT2D eigenvalue weighted by molar-refractivity contribution is -0.143. The second kappa shape index (κ2) is 7.54. The predicted molar refractivity (Wildman–Crippen MR) is 81.1 cm³/mol. The lowest BCUT2D eigenvalue weighted by Gasteiger charge is -2.26. The molecular formula is C14H20NO6P. The summed E-state index contributed by atoms with van der Waals surface area (Å²) in [6.07, 6.45) is -1.32. The van der Waals surface area contributed by atoms with Crippen molar-refractivity contribution in [3.05, 3.63) is 35.9 Å². The fourth-order valence-electron chi connectivity index (χ4n) is 1.99. The molecule has 1 aromatic rings. The van der Waals surface area contributed by atoms with Crippen molar-refractivity contribution in [2.75, 3.05) is 12.3 Å². The first-order valence-corrected chi connectivity index (χ1v) is 8.76. The summed E-state index contributed by atoms with van der Waals surface area (Å²) in [4.78, 5) is 31.6. The van der Waals surface area contributed by atoms with Gasteiger partial charge in [-0.1, -0.05) is 30.3 Å². The first-order chi connectivity index (χ1) is 10.1. The Morgan fingerprint density at radius 2 is 1.73 bits per heavy atom. The van der Waals surface area contributed by atoms with Crippen LogP contribution in [0.5, 0.6) is 0 Å². The monoisotopic (exact) mass is 329 g/mol. The third-order valence-electron chi connectivity index (χ3n) is 3.37. The zero-order chi connectivity index (χ0) is 16.8. The highest BCUT2D eigenvalue weighted by Gasteiger charge is 2.36. The zero-order valence-electron chi connectivity index (χ0n) is 12.0. The van der Waals surface area contributed by atoms with E-state index in [9.17, 15) is 24.2 Å². The van der Waals surface area contributed by atoms with Gasteiger partial charge >= 0.3 is 11.9 Å². The molecule has 0 bridgehead atoms. The fourth-order valence-corrected chi connectivity index (χ4v) is 3.50. The Kier molecular flexibility index (Phi) is 6.29. The molecule has 0 heterocycles. The van der Waals surface area contributed by atoms with E-state index in [-0.39, 0.29) is 25.2 Å². The molecule has 122 valence electrons. The molecule has 22 heavy (non-hydrogen) atoms. The molecule has 0 amide bonds. The zero-order valence-corrected chi connectivity index (χ0v) is 12.9. The molecule has 0 spiro atoms. The molecule has 0 aliphatic heterocycles. The minimum atomic E-state index is -3.71. The van der Waals surface area contributed by atoms with Gasteiger partial charge in [0.05, 0.1) is 6.42 Å². The van der Waals surface area contributed by atoms with E-state index < -0.39 is 31.3 Å². The van der Waals surface area contributed by atoms with Crippen LogP contribution in [0.15, 0.2) is 30.3 Å². The van der Waals surface area contributed by atoms with E-state index in [0.717, 1.165) is 0 Å². The Hall–Kier alpha value is -1.69. The number of carboxylic acids is 2. The number of carboxylic acid groups (broad SMARTS) is 2. The SMILES string of the molecule is N[C@@](CCP(=O)(O)CCC(=O)O)(Cc1ccccc1)C(=O)O. The highest BCUT2D eigenvalue weighted by molar-refractivity contribution is 7.58. The van der Waals surface area contributed by atoms with E-state index >= 15 is 0 Å². The second-order valence-electron chi connectivity index (χ2n) is 5.31. The summed E-state index contributed by atoms with van der Waals surface area (Å²) >= 11 is 0. The molecule has 1 aromatic carbocycles. The first kappa shape index (κ1) is 18.4. The maximum Gasteiger partial charge on any atom is 0.324 e. The third-order valence-corrected chi connectivity index (χ3v) is 5.22. The lowest BCUT2D eigenvalue weighted by atomic mass is 9.89. The summed E-state index contributed by atoms with van der Waals surface area (Å²) in [5.74, 6) is -2.43. The van der Waals surface area contributed by atoms with Gasteiger partial charge < -0.3 is 20.8 Å². The maximum atomic E-state index is 11.9. The van der Waals surface area contributed by atoms with E-state index in [1.807, 2.05) is 0 Å². The van der Waals surface area contributed by atoms with Crippen molar-refractivity contribution in [3.8, 4) is 0 Å².